The Kier molecular flexibility index (Phi) is 3.61. The molecule has 0 aromatic heterocycles. The lowest BCUT2D eigenvalue weighted by Crippen LogP contribution is -2.34. The largest absolute Gasteiger partial charge is 0.481 e. The molecule has 1 aromatic rings. The molecule has 1 fully saturated rings. The summed E-state index contributed by atoms with van der Waals surface area (Å²) in [5.41, 5.74) is -0.659. The smallest absolute Gasteiger partial charge is 0.314 e. The van der Waals surface area contributed by atoms with Gasteiger partial charge >= 0.3 is 5.97 Å². The number of hydrogen-bond donors (Lipinski definition) is 1. The fourth-order valence-electron chi connectivity index (χ4n) is 2.95. The maximum Gasteiger partial charge on any atom is 0.314 e. The van der Waals surface area contributed by atoms with Crippen LogP contribution in [-0.2, 0) is 10.2 Å². The van der Waals surface area contributed by atoms with E-state index in [2.05, 4.69) is 0 Å². The van der Waals surface area contributed by atoms with Gasteiger partial charge in [-0.3, -0.25) is 4.79 Å². The van der Waals surface area contributed by atoms with Crippen LogP contribution in [-0.4, -0.2) is 11.1 Å². The second-order valence-corrected chi connectivity index (χ2v) is 5.60. The van der Waals surface area contributed by atoms with Crippen LogP contribution in [0.1, 0.15) is 56.6 Å². The summed E-state index contributed by atoms with van der Waals surface area (Å²) in [6.45, 7) is 3.62. The summed E-state index contributed by atoms with van der Waals surface area (Å²) in [6, 6.07) is 2.24. The van der Waals surface area contributed by atoms with E-state index in [0.717, 1.165) is 18.9 Å². The van der Waals surface area contributed by atoms with E-state index in [1.54, 1.807) is 0 Å². The van der Waals surface area contributed by atoms with E-state index in [0.29, 0.717) is 18.4 Å². The van der Waals surface area contributed by atoms with Crippen LogP contribution in [0.2, 0.25) is 0 Å². The number of halogens is 2. The summed E-state index contributed by atoms with van der Waals surface area (Å²) in [5.74, 6) is -2.46. The van der Waals surface area contributed by atoms with Crippen molar-refractivity contribution in [1.82, 2.24) is 0 Å². The van der Waals surface area contributed by atoms with Crippen LogP contribution >= 0.6 is 0 Å². The molecule has 0 saturated heterocycles. The van der Waals surface area contributed by atoms with E-state index in [4.69, 9.17) is 0 Å². The third-order valence-corrected chi connectivity index (χ3v) is 4.09. The number of benzene rings is 1. The first-order valence-electron chi connectivity index (χ1n) is 6.61. The molecule has 1 aliphatic rings. The van der Waals surface area contributed by atoms with Crippen LogP contribution in [0.25, 0.3) is 0 Å². The summed E-state index contributed by atoms with van der Waals surface area (Å²) < 4.78 is 27.8. The second-order valence-electron chi connectivity index (χ2n) is 5.60. The third kappa shape index (κ3) is 2.24. The maximum absolute atomic E-state index is 14.0. The number of carbonyl (C=O) groups is 1. The molecule has 0 aliphatic heterocycles. The Balaban J connectivity index is 2.60. The minimum Gasteiger partial charge on any atom is -0.481 e. The van der Waals surface area contributed by atoms with E-state index < -0.39 is 23.0 Å². The van der Waals surface area contributed by atoms with Gasteiger partial charge in [0, 0.05) is 11.6 Å². The molecule has 4 heteroatoms. The summed E-state index contributed by atoms with van der Waals surface area (Å²) in [5, 5.41) is 9.48. The standard InChI is InChI=1S/C15H18F2O2/c1-9(2)10-7-11(13(17)8-12(10)16)15(14(18)19)5-3-4-6-15/h7-9H,3-6H2,1-2H3,(H,18,19). The van der Waals surface area contributed by atoms with Crippen molar-refractivity contribution in [2.45, 2.75) is 50.9 Å². The lowest BCUT2D eigenvalue weighted by molar-refractivity contribution is -0.143. The molecular weight excluding hydrogens is 250 g/mol. The van der Waals surface area contributed by atoms with Gasteiger partial charge in [-0.25, -0.2) is 8.78 Å². The van der Waals surface area contributed by atoms with Crippen molar-refractivity contribution in [1.29, 1.82) is 0 Å². The molecule has 0 unspecified atom stereocenters. The Morgan fingerprint density at radius 1 is 1.21 bits per heavy atom. The van der Waals surface area contributed by atoms with Crippen LogP contribution in [0.5, 0.6) is 0 Å². The number of aliphatic carboxylic acids is 1. The summed E-state index contributed by atoms with van der Waals surface area (Å²) in [6.07, 6.45) is 2.37. The highest BCUT2D eigenvalue weighted by molar-refractivity contribution is 5.82. The molecule has 0 radical (unpaired) electrons. The number of carboxylic acid groups (broad SMARTS) is 1. The van der Waals surface area contributed by atoms with E-state index in [9.17, 15) is 18.7 Å². The van der Waals surface area contributed by atoms with Crippen molar-refractivity contribution in [3.8, 4) is 0 Å². The highest BCUT2D eigenvalue weighted by Gasteiger charge is 2.45. The van der Waals surface area contributed by atoms with Crippen LogP contribution in [0.4, 0.5) is 8.78 Å². The van der Waals surface area contributed by atoms with E-state index in [1.165, 1.54) is 6.07 Å². The van der Waals surface area contributed by atoms with Gasteiger partial charge in [0.2, 0.25) is 0 Å². The predicted octanol–water partition coefficient (Wildman–Crippen LogP) is 3.98. The van der Waals surface area contributed by atoms with E-state index >= 15 is 0 Å². The Morgan fingerprint density at radius 3 is 2.26 bits per heavy atom. The maximum atomic E-state index is 14.0. The first-order chi connectivity index (χ1) is 8.88. The fraction of sp³-hybridized carbons (Fsp3) is 0.533. The fourth-order valence-corrected chi connectivity index (χ4v) is 2.95. The molecule has 19 heavy (non-hydrogen) atoms. The molecule has 0 spiro atoms. The van der Waals surface area contributed by atoms with Crippen molar-refractivity contribution in [2.24, 2.45) is 0 Å². The van der Waals surface area contributed by atoms with Gasteiger partial charge in [0.25, 0.3) is 0 Å². The summed E-state index contributed by atoms with van der Waals surface area (Å²) in [7, 11) is 0. The molecule has 0 heterocycles. The van der Waals surface area contributed by atoms with Crippen molar-refractivity contribution >= 4 is 5.97 Å². The Bertz CT molecular complexity index is 503. The number of hydrogen-bond acceptors (Lipinski definition) is 1. The molecule has 1 aliphatic carbocycles. The lowest BCUT2D eigenvalue weighted by atomic mass is 9.77. The molecule has 1 N–H and O–H groups in total. The molecule has 1 saturated carbocycles. The lowest BCUT2D eigenvalue weighted by Gasteiger charge is -2.26. The van der Waals surface area contributed by atoms with Crippen molar-refractivity contribution in [2.75, 3.05) is 0 Å². The number of rotatable bonds is 3. The average molecular weight is 268 g/mol. The van der Waals surface area contributed by atoms with Crippen LogP contribution < -0.4 is 0 Å². The minimum atomic E-state index is -1.18. The highest BCUT2D eigenvalue weighted by Crippen LogP contribution is 2.43. The molecule has 0 atom stereocenters. The summed E-state index contributed by atoms with van der Waals surface area (Å²) >= 11 is 0. The first kappa shape index (κ1) is 14.0. The predicted molar refractivity (Wildman–Crippen MR) is 68.2 cm³/mol. The quantitative estimate of drug-likeness (QED) is 0.900. The third-order valence-electron chi connectivity index (χ3n) is 4.09. The normalized spacial score (nSPS) is 17.9. The van der Waals surface area contributed by atoms with Crippen LogP contribution in [0.3, 0.4) is 0 Å². The molecule has 1 aromatic carbocycles. The molecule has 0 amide bonds. The topological polar surface area (TPSA) is 37.3 Å². The van der Waals surface area contributed by atoms with Gasteiger partial charge in [-0.1, -0.05) is 26.7 Å². The van der Waals surface area contributed by atoms with Crippen LogP contribution in [0, 0.1) is 11.6 Å². The first-order valence-corrected chi connectivity index (χ1v) is 6.61. The monoisotopic (exact) mass is 268 g/mol. The molecular formula is C15H18F2O2. The second kappa shape index (κ2) is 4.91. The Morgan fingerprint density at radius 2 is 1.79 bits per heavy atom. The van der Waals surface area contributed by atoms with Gasteiger partial charge in [0.05, 0.1) is 5.41 Å². The van der Waals surface area contributed by atoms with Gasteiger partial charge in [-0.15, -0.1) is 0 Å². The van der Waals surface area contributed by atoms with Crippen LogP contribution in [0.15, 0.2) is 12.1 Å². The van der Waals surface area contributed by atoms with Crippen molar-refractivity contribution in [3.05, 3.63) is 34.9 Å². The Labute approximate surface area is 111 Å². The Hall–Kier alpha value is -1.45. The van der Waals surface area contributed by atoms with Gasteiger partial charge in [0.15, 0.2) is 0 Å². The van der Waals surface area contributed by atoms with E-state index in [-0.39, 0.29) is 11.5 Å². The minimum absolute atomic E-state index is 0.105. The SMILES string of the molecule is CC(C)c1cc(C2(C(=O)O)CCCC2)c(F)cc1F. The zero-order chi connectivity index (χ0) is 14.2. The zero-order valence-electron chi connectivity index (χ0n) is 11.2. The zero-order valence-corrected chi connectivity index (χ0v) is 11.2. The van der Waals surface area contributed by atoms with E-state index in [1.807, 2.05) is 13.8 Å². The van der Waals surface area contributed by atoms with Gasteiger partial charge in [0.1, 0.15) is 11.6 Å². The molecule has 2 rings (SSSR count). The van der Waals surface area contributed by atoms with Crippen molar-refractivity contribution < 1.29 is 18.7 Å². The molecule has 2 nitrogen and oxygen atoms in total. The number of carboxylic acids is 1. The van der Waals surface area contributed by atoms with Gasteiger partial charge in [-0.05, 0) is 30.4 Å². The summed E-state index contributed by atoms with van der Waals surface area (Å²) in [4.78, 5) is 11.6. The highest BCUT2D eigenvalue weighted by atomic mass is 19.1. The van der Waals surface area contributed by atoms with Gasteiger partial charge < -0.3 is 5.11 Å². The molecule has 104 valence electrons. The van der Waals surface area contributed by atoms with Gasteiger partial charge in [-0.2, -0.15) is 0 Å². The molecule has 0 bridgehead atoms. The van der Waals surface area contributed by atoms with Crippen molar-refractivity contribution in [3.63, 3.8) is 0 Å². The average Bonchev–Trinajstić information content (AvgIpc) is 2.78.